The Morgan fingerprint density at radius 1 is 1.15 bits per heavy atom. The Balaban J connectivity index is 2.26. The predicted molar refractivity (Wildman–Crippen MR) is 72.0 cm³/mol. The van der Waals surface area contributed by atoms with Gasteiger partial charge in [-0.2, -0.15) is 0 Å². The van der Waals surface area contributed by atoms with E-state index in [0.29, 0.717) is 11.3 Å². The summed E-state index contributed by atoms with van der Waals surface area (Å²) in [6, 6.07) is 8.14. The van der Waals surface area contributed by atoms with Gasteiger partial charge in [-0.3, -0.25) is 4.79 Å². The van der Waals surface area contributed by atoms with Crippen LogP contribution < -0.4 is 10.1 Å². The minimum atomic E-state index is -0.816. The molecule has 0 aliphatic rings. The normalized spacial score (nSPS) is 10.2. The van der Waals surface area contributed by atoms with E-state index in [4.69, 9.17) is 4.74 Å². The first-order valence-electron chi connectivity index (χ1n) is 5.93. The van der Waals surface area contributed by atoms with Gasteiger partial charge in [-0.1, -0.05) is 6.07 Å². The maximum absolute atomic E-state index is 13.4. The van der Waals surface area contributed by atoms with Gasteiger partial charge >= 0.3 is 0 Å². The van der Waals surface area contributed by atoms with E-state index in [9.17, 15) is 13.6 Å². The minimum Gasteiger partial charge on any atom is -0.496 e. The predicted octanol–water partition coefficient (Wildman–Crippen LogP) is 3.53. The van der Waals surface area contributed by atoms with Crippen molar-refractivity contribution in [1.82, 2.24) is 0 Å². The maximum Gasteiger partial charge on any atom is 0.255 e. The number of hydrogen-bond donors (Lipinski definition) is 1. The van der Waals surface area contributed by atoms with Crippen LogP contribution in [-0.2, 0) is 0 Å². The van der Waals surface area contributed by atoms with Crippen molar-refractivity contribution in [2.24, 2.45) is 0 Å². The number of hydrogen-bond acceptors (Lipinski definition) is 2. The fraction of sp³-hybridized carbons (Fsp3) is 0.133. The van der Waals surface area contributed by atoms with E-state index >= 15 is 0 Å². The lowest BCUT2D eigenvalue weighted by atomic mass is 10.1. The van der Waals surface area contributed by atoms with Gasteiger partial charge in [0.1, 0.15) is 23.1 Å². The third-order valence-corrected chi connectivity index (χ3v) is 2.86. The van der Waals surface area contributed by atoms with Crippen LogP contribution in [0.25, 0.3) is 0 Å². The third kappa shape index (κ3) is 2.77. The summed E-state index contributed by atoms with van der Waals surface area (Å²) in [5.74, 6) is -1.58. The van der Waals surface area contributed by atoms with Gasteiger partial charge in [0, 0.05) is 5.56 Å². The van der Waals surface area contributed by atoms with E-state index < -0.39 is 23.2 Å². The Labute approximate surface area is 115 Å². The van der Waals surface area contributed by atoms with Gasteiger partial charge in [-0.05, 0) is 42.8 Å². The Morgan fingerprint density at radius 2 is 1.80 bits per heavy atom. The molecule has 0 aromatic heterocycles. The summed E-state index contributed by atoms with van der Waals surface area (Å²) in [4.78, 5) is 12.0. The highest BCUT2D eigenvalue weighted by molar-refractivity contribution is 6.04. The lowest BCUT2D eigenvalue weighted by Crippen LogP contribution is -2.14. The van der Waals surface area contributed by atoms with E-state index in [0.717, 1.165) is 17.7 Å². The summed E-state index contributed by atoms with van der Waals surface area (Å²) >= 11 is 0. The molecule has 5 heteroatoms. The molecule has 0 saturated carbocycles. The molecule has 0 heterocycles. The highest BCUT2D eigenvalue weighted by Crippen LogP contribution is 2.21. The van der Waals surface area contributed by atoms with Crippen molar-refractivity contribution in [3.8, 4) is 5.75 Å². The Hall–Kier alpha value is -2.43. The lowest BCUT2D eigenvalue weighted by Gasteiger charge is -2.09. The summed E-state index contributed by atoms with van der Waals surface area (Å²) < 4.78 is 32.0. The zero-order valence-corrected chi connectivity index (χ0v) is 11.0. The van der Waals surface area contributed by atoms with Crippen LogP contribution in [0.15, 0.2) is 36.4 Å². The number of carbonyl (C=O) groups excluding carboxylic acids is 1. The van der Waals surface area contributed by atoms with Crippen LogP contribution in [0.2, 0.25) is 0 Å². The van der Waals surface area contributed by atoms with E-state index in [1.807, 2.05) is 0 Å². The van der Waals surface area contributed by atoms with E-state index in [1.54, 1.807) is 19.1 Å². The zero-order valence-electron chi connectivity index (χ0n) is 11.0. The smallest absolute Gasteiger partial charge is 0.255 e. The molecule has 20 heavy (non-hydrogen) atoms. The zero-order chi connectivity index (χ0) is 14.7. The van der Waals surface area contributed by atoms with Gasteiger partial charge in [-0.15, -0.1) is 0 Å². The van der Waals surface area contributed by atoms with Gasteiger partial charge < -0.3 is 10.1 Å². The first kappa shape index (κ1) is 14.0. The van der Waals surface area contributed by atoms with Crippen molar-refractivity contribution >= 4 is 11.6 Å². The molecule has 0 fully saturated rings. The van der Waals surface area contributed by atoms with Crippen LogP contribution >= 0.6 is 0 Å². The van der Waals surface area contributed by atoms with Gasteiger partial charge in [0.05, 0.1) is 7.11 Å². The summed E-state index contributed by atoms with van der Waals surface area (Å²) in [5, 5.41) is 2.23. The van der Waals surface area contributed by atoms with Crippen LogP contribution in [0.1, 0.15) is 15.9 Å². The topological polar surface area (TPSA) is 38.3 Å². The largest absolute Gasteiger partial charge is 0.496 e. The molecule has 0 aliphatic heterocycles. The number of halogens is 2. The average Bonchev–Trinajstić information content (AvgIpc) is 2.42. The number of amides is 1. The van der Waals surface area contributed by atoms with E-state index in [2.05, 4.69) is 5.32 Å². The molecule has 2 aromatic carbocycles. The standard InChI is InChI=1S/C15H13F2NO2/c1-9-8-10(6-7-13(9)20-2)15(19)18-14-11(16)4-3-5-12(14)17/h3-8H,1-2H3,(H,18,19). The number of methoxy groups -OCH3 is 1. The molecule has 0 aliphatic carbocycles. The number of anilines is 1. The molecule has 2 rings (SSSR count). The summed E-state index contributed by atoms with van der Waals surface area (Å²) in [6.45, 7) is 1.78. The van der Waals surface area contributed by atoms with Crippen LogP contribution in [0.3, 0.4) is 0 Å². The van der Waals surface area contributed by atoms with Crippen molar-refractivity contribution in [2.45, 2.75) is 6.92 Å². The maximum atomic E-state index is 13.4. The second-order valence-corrected chi connectivity index (χ2v) is 4.24. The molecule has 0 atom stereocenters. The molecule has 0 spiro atoms. The number of nitrogens with one attached hydrogen (secondary N) is 1. The van der Waals surface area contributed by atoms with Crippen LogP contribution in [0.5, 0.6) is 5.75 Å². The fourth-order valence-electron chi connectivity index (χ4n) is 1.82. The van der Waals surface area contributed by atoms with Gasteiger partial charge in [0.2, 0.25) is 0 Å². The Bertz CT molecular complexity index is 636. The van der Waals surface area contributed by atoms with Gasteiger partial charge in [0.15, 0.2) is 0 Å². The molecule has 3 nitrogen and oxygen atoms in total. The first-order chi connectivity index (χ1) is 9.52. The monoisotopic (exact) mass is 277 g/mol. The average molecular weight is 277 g/mol. The molecule has 104 valence electrons. The molecule has 0 unspecified atom stereocenters. The molecule has 1 N–H and O–H groups in total. The number of ether oxygens (including phenoxy) is 1. The second kappa shape index (κ2) is 5.69. The summed E-state index contributed by atoms with van der Waals surface area (Å²) in [6.07, 6.45) is 0. The summed E-state index contributed by atoms with van der Waals surface area (Å²) in [7, 11) is 1.52. The lowest BCUT2D eigenvalue weighted by molar-refractivity contribution is 0.102. The highest BCUT2D eigenvalue weighted by Gasteiger charge is 2.14. The highest BCUT2D eigenvalue weighted by atomic mass is 19.1. The molecule has 1 amide bonds. The van der Waals surface area contributed by atoms with Crippen molar-refractivity contribution in [3.63, 3.8) is 0 Å². The SMILES string of the molecule is COc1ccc(C(=O)Nc2c(F)cccc2F)cc1C. The van der Waals surface area contributed by atoms with Crippen molar-refractivity contribution in [1.29, 1.82) is 0 Å². The number of rotatable bonds is 3. The van der Waals surface area contributed by atoms with Crippen molar-refractivity contribution in [2.75, 3.05) is 12.4 Å². The minimum absolute atomic E-state index is 0.297. The van der Waals surface area contributed by atoms with E-state index in [-0.39, 0.29) is 0 Å². The molecule has 0 bridgehead atoms. The number of aryl methyl sites for hydroxylation is 1. The van der Waals surface area contributed by atoms with E-state index in [1.165, 1.54) is 19.2 Å². The number of benzene rings is 2. The molecular formula is C15H13F2NO2. The Kier molecular flexibility index (Phi) is 3.98. The Morgan fingerprint density at radius 3 is 2.35 bits per heavy atom. The van der Waals surface area contributed by atoms with Crippen LogP contribution in [0.4, 0.5) is 14.5 Å². The second-order valence-electron chi connectivity index (χ2n) is 4.24. The number of para-hydroxylation sites is 1. The molecule has 0 radical (unpaired) electrons. The van der Waals surface area contributed by atoms with Crippen molar-refractivity contribution < 1.29 is 18.3 Å². The van der Waals surface area contributed by atoms with Crippen LogP contribution in [0, 0.1) is 18.6 Å². The van der Waals surface area contributed by atoms with Gasteiger partial charge in [0.25, 0.3) is 5.91 Å². The molecule has 0 saturated heterocycles. The van der Waals surface area contributed by atoms with Crippen LogP contribution in [-0.4, -0.2) is 13.0 Å². The molecular weight excluding hydrogens is 264 g/mol. The number of carbonyl (C=O) groups is 1. The van der Waals surface area contributed by atoms with Crippen molar-refractivity contribution in [3.05, 3.63) is 59.2 Å². The third-order valence-electron chi connectivity index (χ3n) is 2.86. The fourth-order valence-corrected chi connectivity index (χ4v) is 1.82. The first-order valence-corrected chi connectivity index (χ1v) is 5.93. The quantitative estimate of drug-likeness (QED) is 0.932. The molecule has 2 aromatic rings. The summed E-state index contributed by atoms with van der Waals surface area (Å²) in [5.41, 5.74) is 0.603. The van der Waals surface area contributed by atoms with Gasteiger partial charge in [-0.25, -0.2) is 8.78 Å².